The van der Waals surface area contributed by atoms with Gasteiger partial charge in [-0.2, -0.15) is 0 Å². The van der Waals surface area contributed by atoms with Crippen LogP contribution in [0.1, 0.15) is 17.8 Å². The fourth-order valence-corrected chi connectivity index (χ4v) is 4.53. The number of hydrogen-bond acceptors (Lipinski definition) is 6. The van der Waals surface area contributed by atoms with Crippen LogP contribution in [0, 0.1) is 0 Å². The van der Waals surface area contributed by atoms with Crippen molar-refractivity contribution in [2.24, 2.45) is 0 Å². The maximum Gasteiger partial charge on any atom is 0.138 e. The Hall–Kier alpha value is -2.44. The Kier molecular flexibility index (Phi) is 4.38. The van der Waals surface area contributed by atoms with Crippen LogP contribution in [0.5, 0.6) is 5.75 Å². The SMILES string of the molecule is COc1ccccc1-c1cc2c(N[C@H](C)c3cccs3)ncnc2s1. The highest BCUT2D eigenvalue weighted by Crippen LogP contribution is 2.39. The number of anilines is 1. The lowest BCUT2D eigenvalue weighted by Crippen LogP contribution is -2.06. The summed E-state index contributed by atoms with van der Waals surface area (Å²) in [5, 5.41) is 6.64. The number of thiophene rings is 2. The van der Waals surface area contributed by atoms with E-state index in [9.17, 15) is 0 Å². The van der Waals surface area contributed by atoms with Crippen molar-refractivity contribution in [3.63, 3.8) is 0 Å². The topological polar surface area (TPSA) is 47.0 Å². The van der Waals surface area contributed by atoms with Crippen LogP contribution >= 0.6 is 22.7 Å². The predicted octanol–water partition coefficient (Wildman–Crippen LogP) is 5.60. The molecule has 1 N–H and O–H groups in total. The molecule has 3 heterocycles. The fraction of sp³-hybridized carbons (Fsp3) is 0.158. The second-order valence-corrected chi connectivity index (χ2v) is 7.64. The molecule has 0 aliphatic heterocycles. The Labute approximate surface area is 154 Å². The molecule has 0 aliphatic carbocycles. The van der Waals surface area contributed by atoms with Crippen molar-refractivity contribution in [3.8, 4) is 16.2 Å². The number of nitrogens with zero attached hydrogens (tertiary/aromatic N) is 2. The second-order valence-electron chi connectivity index (χ2n) is 5.63. The number of nitrogens with one attached hydrogen (secondary N) is 1. The van der Waals surface area contributed by atoms with Gasteiger partial charge in [0.1, 0.15) is 22.7 Å². The first-order valence-electron chi connectivity index (χ1n) is 7.94. The van der Waals surface area contributed by atoms with Crippen molar-refractivity contribution in [1.82, 2.24) is 9.97 Å². The second kappa shape index (κ2) is 6.82. The Morgan fingerprint density at radius 1 is 1.12 bits per heavy atom. The molecule has 0 unspecified atom stereocenters. The number of ether oxygens (including phenoxy) is 1. The number of methoxy groups -OCH3 is 1. The minimum absolute atomic E-state index is 0.202. The normalized spacial score (nSPS) is 12.2. The number of hydrogen-bond donors (Lipinski definition) is 1. The molecular weight excluding hydrogens is 350 g/mol. The van der Waals surface area contributed by atoms with E-state index in [0.717, 1.165) is 32.2 Å². The highest BCUT2D eigenvalue weighted by Gasteiger charge is 2.15. The average Bonchev–Trinajstić information content (AvgIpc) is 3.32. The fourth-order valence-electron chi connectivity index (χ4n) is 2.77. The first-order valence-corrected chi connectivity index (χ1v) is 9.63. The number of para-hydroxylation sites is 1. The van der Waals surface area contributed by atoms with Crippen molar-refractivity contribution >= 4 is 38.7 Å². The molecule has 6 heteroatoms. The molecule has 0 saturated carbocycles. The van der Waals surface area contributed by atoms with E-state index in [4.69, 9.17) is 4.74 Å². The van der Waals surface area contributed by atoms with Gasteiger partial charge in [-0.3, -0.25) is 0 Å². The van der Waals surface area contributed by atoms with E-state index in [2.05, 4.69) is 51.9 Å². The van der Waals surface area contributed by atoms with E-state index < -0.39 is 0 Å². The van der Waals surface area contributed by atoms with Crippen molar-refractivity contribution in [3.05, 3.63) is 59.0 Å². The summed E-state index contributed by atoms with van der Waals surface area (Å²) in [4.78, 5) is 12.3. The Morgan fingerprint density at radius 3 is 2.80 bits per heavy atom. The number of benzene rings is 1. The minimum atomic E-state index is 0.202. The lowest BCUT2D eigenvalue weighted by Gasteiger charge is -2.13. The largest absolute Gasteiger partial charge is 0.496 e. The molecule has 1 atom stereocenters. The molecule has 4 nitrogen and oxygen atoms in total. The summed E-state index contributed by atoms with van der Waals surface area (Å²) >= 11 is 3.39. The molecule has 0 bridgehead atoms. The van der Waals surface area contributed by atoms with Crippen molar-refractivity contribution in [2.75, 3.05) is 12.4 Å². The first-order chi connectivity index (χ1) is 12.3. The van der Waals surface area contributed by atoms with E-state index in [1.165, 1.54) is 4.88 Å². The summed E-state index contributed by atoms with van der Waals surface area (Å²) in [6, 6.07) is 14.6. The third kappa shape index (κ3) is 3.10. The summed E-state index contributed by atoms with van der Waals surface area (Å²) in [5.41, 5.74) is 1.07. The lowest BCUT2D eigenvalue weighted by atomic mass is 10.1. The predicted molar refractivity (Wildman–Crippen MR) is 106 cm³/mol. The van der Waals surface area contributed by atoms with Gasteiger partial charge in [-0.05, 0) is 36.6 Å². The van der Waals surface area contributed by atoms with Gasteiger partial charge in [0.05, 0.1) is 18.5 Å². The summed E-state index contributed by atoms with van der Waals surface area (Å²) in [6.45, 7) is 2.15. The number of fused-ring (bicyclic) bond motifs is 1. The van der Waals surface area contributed by atoms with E-state index in [1.807, 2.05) is 18.2 Å². The smallest absolute Gasteiger partial charge is 0.138 e. The molecule has 0 fully saturated rings. The van der Waals surface area contributed by atoms with Crippen LogP contribution in [0.4, 0.5) is 5.82 Å². The zero-order chi connectivity index (χ0) is 17.2. The summed E-state index contributed by atoms with van der Waals surface area (Å²) < 4.78 is 5.50. The van der Waals surface area contributed by atoms with E-state index in [0.29, 0.717) is 0 Å². The number of rotatable bonds is 5. The molecule has 126 valence electrons. The number of aromatic nitrogens is 2. The Balaban J connectivity index is 1.74. The maximum absolute atomic E-state index is 5.50. The molecule has 4 aromatic rings. The van der Waals surface area contributed by atoms with E-state index in [1.54, 1.807) is 36.1 Å². The summed E-state index contributed by atoms with van der Waals surface area (Å²) in [6.07, 6.45) is 1.62. The molecule has 0 aliphatic rings. The quantitative estimate of drug-likeness (QED) is 0.499. The molecule has 3 aromatic heterocycles. The summed E-state index contributed by atoms with van der Waals surface area (Å²) in [7, 11) is 1.70. The van der Waals surface area contributed by atoms with Crippen LogP contribution in [0.25, 0.3) is 20.7 Å². The van der Waals surface area contributed by atoms with Gasteiger partial charge in [0.15, 0.2) is 0 Å². The van der Waals surface area contributed by atoms with Crippen molar-refractivity contribution in [2.45, 2.75) is 13.0 Å². The van der Waals surface area contributed by atoms with E-state index >= 15 is 0 Å². The molecule has 0 spiro atoms. The minimum Gasteiger partial charge on any atom is -0.496 e. The van der Waals surface area contributed by atoms with Gasteiger partial charge >= 0.3 is 0 Å². The molecular formula is C19H17N3OS2. The van der Waals surface area contributed by atoms with Crippen LogP contribution in [-0.4, -0.2) is 17.1 Å². The first kappa shape index (κ1) is 16.1. The van der Waals surface area contributed by atoms with Crippen LogP contribution in [0.3, 0.4) is 0 Å². The van der Waals surface area contributed by atoms with Crippen LogP contribution in [0.15, 0.2) is 54.2 Å². The molecule has 4 rings (SSSR count). The lowest BCUT2D eigenvalue weighted by molar-refractivity contribution is 0.416. The van der Waals surface area contributed by atoms with Gasteiger partial charge in [-0.1, -0.05) is 18.2 Å². The van der Waals surface area contributed by atoms with Gasteiger partial charge < -0.3 is 10.1 Å². The molecule has 25 heavy (non-hydrogen) atoms. The highest BCUT2D eigenvalue weighted by atomic mass is 32.1. The van der Waals surface area contributed by atoms with E-state index in [-0.39, 0.29) is 6.04 Å². The van der Waals surface area contributed by atoms with Crippen LogP contribution in [0.2, 0.25) is 0 Å². The van der Waals surface area contributed by atoms with Crippen LogP contribution < -0.4 is 10.1 Å². The van der Waals surface area contributed by atoms with Gasteiger partial charge in [0, 0.05) is 15.3 Å². The van der Waals surface area contributed by atoms with Crippen molar-refractivity contribution in [1.29, 1.82) is 0 Å². The Morgan fingerprint density at radius 2 is 2.00 bits per heavy atom. The molecule has 1 aromatic carbocycles. The van der Waals surface area contributed by atoms with Crippen molar-refractivity contribution < 1.29 is 4.74 Å². The standard InChI is InChI=1S/C19H17N3OS2/c1-12(16-8-5-9-24-16)22-18-14-10-17(25-19(14)21-11-20-18)13-6-3-4-7-15(13)23-2/h3-12H,1-2H3,(H,20,21,22)/t12-/m1/s1. The van der Waals surface area contributed by atoms with Gasteiger partial charge in [0.2, 0.25) is 0 Å². The van der Waals surface area contributed by atoms with Gasteiger partial charge in [-0.25, -0.2) is 9.97 Å². The monoisotopic (exact) mass is 367 g/mol. The molecule has 0 saturated heterocycles. The molecule has 0 amide bonds. The average molecular weight is 367 g/mol. The third-order valence-corrected chi connectivity index (χ3v) is 6.16. The van der Waals surface area contributed by atoms with Gasteiger partial charge in [0.25, 0.3) is 0 Å². The Bertz CT molecular complexity index is 995. The third-order valence-electron chi connectivity index (χ3n) is 4.03. The van der Waals surface area contributed by atoms with Crippen LogP contribution in [-0.2, 0) is 0 Å². The zero-order valence-electron chi connectivity index (χ0n) is 13.9. The summed E-state index contributed by atoms with van der Waals surface area (Å²) in [5.74, 6) is 1.73. The van der Waals surface area contributed by atoms with Gasteiger partial charge in [-0.15, -0.1) is 22.7 Å². The maximum atomic E-state index is 5.50. The zero-order valence-corrected chi connectivity index (χ0v) is 15.5. The molecule has 0 radical (unpaired) electrons. The highest BCUT2D eigenvalue weighted by molar-refractivity contribution is 7.22.